The Bertz CT molecular complexity index is 312. The number of hydrogen-bond donors (Lipinski definition) is 1. The maximum absolute atomic E-state index is 10.7. The summed E-state index contributed by atoms with van der Waals surface area (Å²) in [6, 6.07) is 5.69. The Morgan fingerprint density at radius 1 is 1.46 bits per heavy atom. The molecule has 1 aromatic heterocycles. The van der Waals surface area contributed by atoms with Gasteiger partial charge in [-0.3, -0.25) is 4.79 Å². The van der Waals surface area contributed by atoms with Crippen molar-refractivity contribution in [3.05, 3.63) is 18.2 Å². The summed E-state index contributed by atoms with van der Waals surface area (Å²) in [7, 11) is -0.199. The normalized spacial score (nSPS) is 10.2. The summed E-state index contributed by atoms with van der Waals surface area (Å²) in [5, 5.41) is 2.66. The van der Waals surface area contributed by atoms with Crippen LogP contribution in [0.25, 0.3) is 0 Å². The third-order valence-corrected chi connectivity index (χ3v) is 2.66. The van der Waals surface area contributed by atoms with Gasteiger partial charge in [0.1, 0.15) is 5.82 Å². The summed E-state index contributed by atoms with van der Waals surface area (Å²) in [4.78, 5) is 15.1. The molecule has 0 saturated heterocycles. The molecule has 0 bridgehead atoms. The Hall–Kier alpha value is -0.950. The first kappa shape index (κ1) is 10.1. The summed E-state index contributed by atoms with van der Waals surface area (Å²) < 4.78 is 0. The largest absolute Gasteiger partial charge is 0.311 e. The molecule has 0 fully saturated rings. The lowest BCUT2D eigenvalue weighted by atomic mass is 10.4. The van der Waals surface area contributed by atoms with Crippen molar-refractivity contribution < 1.29 is 4.79 Å². The van der Waals surface area contributed by atoms with E-state index in [0.717, 1.165) is 5.44 Å². The zero-order chi connectivity index (χ0) is 9.84. The molecule has 3 nitrogen and oxygen atoms in total. The minimum Gasteiger partial charge on any atom is -0.311 e. The van der Waals surface area contributed by atoms with E-state index in [-0.39, 0.29) is 13.8 Å². The van der Waals surface area contributed by atoms with Crippen molar-refractivity contribution in [1.29, 1.82) is 0 Å². The molecule has 13 heavy (non-hydrogen) atoms. The van der Waals surface area contributed by atoms with Crippen LogP contribution >= 0.6 is 7.92 Å². The highest BCUT2D eigenvalue weighted by molar-refractivity contribution is 7.63. The fourth-order valence-corrected chi connectivity index (χ4v) is 1.61. The number of carbonyl (C=O) groups is 1. The monoisotopic (exact) mass is 196 g/mol. The van der Waals surface area contributed by atoms with Crippen LogP contribution in [0.3, 0.4) is 0 Å². The van der Waals surface area contributed by atoms with Gasteiger partial charge in [0.05, 0.1) is 5.44 Å². The van der Waals surface area contributed by atoms with E-state index in [9.17, 15) is 4.79 Å². The van der Waals surface area contributed by atoms with Crippen LogP contribution in [-0.2, 0) is 4.79 Å². The Morgan fingerprint density at radius 3 is 2.69 bits per heavy atom. The molecule has 0 aliphatic heterocycles. The lowest BCUT2D eigenvalue weighted by Crippen LogP contribution is -2.12. The number of pyridine rings is 1. The van der Waals surface area contributed by atoms with E-state index in [1.54, 1.807) is 6.07 Å². The Balaban J connectivity index is 2.85. The van der Waals surface area contributed by atoms with Crippen molar-refractivity contribution in [3.63, 3.8) is 0 Å². The zero-order valence-corrected chi connectivity index (χ0v) is 8.93. The molecule has 0 radical (unpaired) electrons. The first-order valence-corrected chi connectivity index (χ1v) is 6.25. The first-order valence-electron chi connectivity index (χ1n) is 4.01. The van der Waals surface area contributed by atoms with Crippen molar-refractivity contribution in [3.8, 4) is 0 Å². The molecule has 0 aliphatic carbocycles. The molecule has 4 heteroatoms. The predicted molar refractivity (Wildman–Crippen MR) is 56.9 cm³/mol. The molecule has 0 saturated carbocycles. The zero-order valence-electron chi connectivity index (χ0n) is 8.03. The minimum atomic E-state index is -0.199. The average molecular weight is 196 g/mol. The van der Waals surface area contributed by atoms with Crippen LogP contribution < -0.4 is 10.8 Å². The lowest BCUT2D eigenvalue weighted by Gasteiger charge is -2.06. The van der Waals surface area contributed by atoms with Gasteiger partial charge < -0.3 is 5.32 Å². The molecule has 0 aliphatic rings. The second-order valence-corrected chi connectivity index (χ2v) is 5.20. The maximum Gasteiger partial charge on any atom is 0.222 e. The highest BCUT2D eigenvalue weighted by atomic mass is 31.1. The van der Waals surface area contributed by atoms with Gasteiger partial charge in [-0.05, 0) is 25.5 Å². The van der Waals surface area contributed by atoms with Crippen LogP contribution in [-0.4, -0.2) is 24.2 Å². The van der Waals surface area contributed by atoms with Gasteiger partial charge in [0.15, 0.2) is 0 Å². The number of carbonyl (C=O) groups excluding carboxylic acids is 1. The molecule has 0 atom stereocenters. The van der Waals surface area contributed by atoms with Gasteiger partial charge in [-0.1, -0.05) is 14.0 Å². The van der Waals surface area contributed by atoms with Crippen LogP contribution in [0.1, 0.15) is 6.92 Å². The Labute approximate surface area is 79.3 Å². The summed E-state index contributed by atoms with van der Waals surface area (Å²) in [6.45, 7) is 5.75. The van der Waals surface area contributed by atoms with Crippen LogP contribution in [0.15, 0.2) is 18.2 Å². The summed E-state index contributed by atoms with van der Waals surface area (Å²) in [6.07, 6.45) is 0. The summed E-state index contributed by atoms with van der Waals surface area (Å²) in [5.74, 6) is 0.558. The van der Waals surface area contributed by atoms with Gasteiger partial charge in [0, 0.05) is 6.92 Å². The van der Waals surface area contributed by atoms with Gasteiger partial charge in [-0.2, -0.15) is 0 Å². The lowest BCUT2D eigenvalue weighted by molar-refractivity contribution is -0.114. The van der Waals surface area contributed by atoms with Crippen molar-refractivity contribution in [2.45, 2.75) is 6.92 Å². The fraction of sp³-hybridized carbons (Fsp3) is 0.333. The van der Waals surface area contributed by atoms with E-state index < -0.39 is 0 Å². The maximum atomic E-state index is 10.7. The van der Waals surface area contributed by atoms with Gasteiger partial charge in [0.2, 0.25) is 5.91 Å². The SMILES string of the molecule is CC(=O)Nc1cccc(P(C)C)n1. The van der Waals surface area contributed by atoms with Crippen LogP contribution in [0.5, 0.6) is 0 Å². The smallest absolute Gasteiger partial charge is 0.222 e. The van der Waals surface area contributed by atoms with Crippen LogP contribution in [0.2, 0.25) is 0 Å². The molecule has 0 spiro atoms. The molecule has 1 amide bonds. The van der Waals surface area contributed by atoms with Crippen molar-refractivity contribution >= 4 is 25.1 Å². The third kappa shape index (κ3) is 3.11. The number of aromatic nitrogens is 1. The molecular formula is C9H13N2OP. The standard InChI is InChI=1S/C9H13N2OP/c1-7(12)10-8-5-4-6-9(11-8)13(2)3/h4-6H,1-3H3,(H,10,11,12). The third-order valence-electron chi connectivity index (χ3n) is 1.50. The second kappa shape index (κ2) is 4.33. The fourth-order valence-electron chi connectivity index (χ4n) is 0.922. The van der Waals surface area contributed by atoms with Crippen molar-refractivity contribution in [2.75, 3.05) is 18.6 Å². The average Bonchev–Trinajstić information content (AvgIpc) is 2.03. The highest BCUT2D eigenvalue weighted by Crippen LogP contribution is 2.22. The molecule has 1 rings (SSSR count). The molecular weight excluding hydrogens is 183 g/mol. The Morgan fingerprint density at radius 2 is 2.15 bits per heavy atom. The molecule has 0 aromatic carbocycles. The van der Waals surface area contributed by atoms with E-state index in [4.69, 9.17) is 0 Å². The van der Waals surface area contributed by atoms with E-state index in [0.29, 0.717) is 5.82 Å². The first-order chi connectivity index (χ1) is 6.09. The van der Waals surface area contributed by atoms with E-state index in [1.807, 2.05) is 12.1 Å². The predicted octanol–water partition coefficient (Wildman–Crippen LogP) is 1.41. The highest BCUT2D eigenvalue weighted by Gasteiger charge is 2.01. The molecule has 70 valence electrons. The number of amides is 1. The Kier molecular flexibility index (Phi) is 3.38. The van der Waals surface area contributed by atoms with E-state index >= 15 is 0 Å². The quantitative estimate of drug-likeness (QED) is 0.726. The number of anilines is 1. The van der Waals surface area contributed by atoms with Crippen LogP contribution in [0, 0.1) is 0 Å². The van der Waals surface area contributed by atoms with Gasteiger partial charge in [0.25, 0.3) is 0 Å². The summed E-state index contributed by atoms with van der Waals surface area (Å²) >= 11 is 0. The topological polar surface area (TPSA) is 42.0 Å². The van der Waals surface area contributed by atoms with Gasteiger partial charge >= 0.3 is 0 Å². The van der Waals surface area contributed by atoms with Crippen molar-refractivity contribution in [1.82, 2.24) is 4.98 Å². The minimum absolute atomic E-state index is 0.0822. The molecule has 1 heterocycles. The van der Waals surface area contributed by atoms with E-state index in [2.05, 4.69) is 23.6 Å². The number of hydrogen-bond acceptors (Lipinski definition) is 2. The second-order valence-electron chi connectivity index (χ2n) is 2.96. The van der Waals surface area contributed by atoms with Gasteiger partial charge in [-0.25, -0.2) is 4.98 Å². The van der Waals surface area contributed by atoms with Crippen molar-refractivity contribution in [2.24, 2.45) is 0 Å². The summed E-state index contributed by atoms with van der Waals surface area (Å²) in [5.41, 5.74) is 1.06. The van der Waals surface area contributed by atoms with Crippen LogP contribution in [0.4, 0.5) is 5.82 Å². The molecule has 0 unspecified atom stereocenters. The molecule has 1 N–H and O–H groups in total. The van der Waals surface area contributed by atoms with E-state index in [1.165, 1.54) is 6.92 Å². The number of rotatable bonds is 2. The number of nitrogens with zero attached hydrogens (tertiary/aromatic N) is 1. The number of nitrogens with one attached hydrogen (secondary N) is 1. The molecule has 1 aromatic rings. The van der Waals surface area contributed by atoms with Gasteiger partial charge in [-0.15, -0.1) is 0 Å².